The Morgan fingerprint density at radius 3 is 2.48 bits per heavy atom. The smallest absolute Gasteiger partial charge is 0.322 e. The van der Waals surface area contributed by atoms with Crippen LogP contribution >= 0.6 is 11.6 Å². The monoisotopic (exact) mass is 420 g/mol. The number of halogens is 4. The molecule has 9 heteroatoms. The molecule has 5 nitrogen and oxygen atoms in total. The van der Waals surface area contributed by atoms with Gasteiger partial charge in [0.15, 0.2) is 5.82 Å². The van der Waals surface area contributed by atoms with Gasteiger partial charge in [0.1, 0.15) is 11.9 Å². The van der Waals surface area contributed by atoms with E-state index in [0.29, 0.717) is 18.2 Å². The van der Waals surface area contributed by atoms with Gasteiger partial charge in [0.05, 0.1) is 16.1 Å². The molecule has 2 heterocycles. The van der Waals surface area contributed by atoms with E-state index < -0.39 is 28.7 Å². The molecule has 1 atom stereocenters. The fourth-order valence-corrected chi connectivity index (χ4v) is 3.92. The number of amides is 1. The summed E-state index contributed by atoms with van der Waals surface area (Å²) < 4.78 is 41.6. The largest absolute Gasteiger partial charge is 0.417 e. The lowest BCUT2D eigenvalue weighted by atomic mass is 10.0. The number of aryl methyl sites for hydroxylation is 1. The van der Waals surface area contributed by atoms with E-state index in [1.807, 2.05) is 41.8 Å². The molecule has 0 saturated carbocycles. The van der Waals surface area contributed by atoms with Gasteiger partial charge in [-0.2, -0.15) is 13.2 Å². The van der Waals surface area contributed by atoms with Gasteiger partial charge in [-0.05, 0) is 24.6 Å². The standard InChI is InChI=1S/C20H16ClF3N4O/c1-12-25-26-18-17(13-6-3-2-4-7-13)28(11-10-27(12)18)19(29)14-8-5-9-15(16(14)21)20(22,23)24/h2-9,17H,10-11H2,1H3/t17-/m0/s1. The third-order valence-electron chi connectivity index (χ3n) is 5.00. The molecule has 0 bridgehead atoms. The Balaban J connectivity index is 1.81. The first kappa shape index (κ1) is 19.4. The average Bonchev–Trinajstić information content (AvgIpc) is 3.07. The zero-order valence-electron chi connectivity index (χ0n) is 15.3. The van der Waals surface area contributed by atoms with Gasteiger partial charge in [-0.3, -0.25) is 4.79 Å². The number of nitrogens with zero attached hydrogens (tertiary/aromatic N) is 4. The molecule has 0 unspecified atom stereocenters. The summed E-state index contributed by atoms with van der Waals surface area (Å²) >= 11 is 6.00. The van der Waals surface area contributed by atoms with E-state index in [9.17, 15) is 18.0 Å². The fourth-order valence-electron chi connectivity index (χ4n) is 3.61. The predicted molar refractivity (Wildman–Crippen MR) is 101 cm³/mol. The summed E-state index contributed by atoms with van der Waals surface area (Å²) in [5.41, 5.74) is -0.429. The fraction of sp³-hybridized carbons (Fsp3) is 0.250. The van der Waals surface area contributed by atoms with Crippen LogP contribution in [0.1, 0.15) is 39.2 Å². The molecule has 0 aliphatic carbocycles. The highest BCUT2D eigenvalue weighted by Gasteiger charge is 2.38. The van der Waals surface area contributed by atoms with E-state index in [2.05, 4.69) is 10.2 Å². The van der Waals surface area contributed by atoms with E-state index in [1.165, 1.54) is 17.0 Å². The summed E-state index contributed by atoms with van der Waals surface area (Å²) in [5.74, 6) is 0.698. The number of alkyl halides is 3. The van der Waals surface area contributed by atoms with Crippen molar-refractivity contribution < 1.29 is 18.0 Å². The maximum absolute atomic E-state index is 13.3. The van der Waals surface area contributed by atoms with E-state index in [-0.39, 0.29) is 12.1 Å². The molecule has 1 aromatic heterocycles. The third-order valence-corrected chi connectivity index (χ3v) is 5.40. The van der Waals surface area contributed by atoms with Gasteiger partial charge in [-0.15, -0.1) is 10.2 Å². The number of hydrogen-bond donors (Lipinski definition) is 0. The van der Waals surface area contributed by atoms with Crippen molar-refractivity contribution in [3.8, 4) is 0 Å². The Kier molecular flexibility index (Phi) is 4.82. The van der Waals surface area contributed by atoms with Crippen LogP contribution in [0.2, 0.25) is 5.02 Å². The molecular formula is C20H16ClF3N4O. The van der Waals surface area contributed by atoms with Crippen molar-refractivity contribution in [1.82, 2.24) is 19.7 Å². The topological polar surface area (TPSA) is 51.0 Å². The minimum atomic E-state index is -4.65. The molecule has 150 valence electrons. The Morgan fingerprint density at radius 1 is 1.07 bits per heavy atom. The van der Waals surface area contributed by atoms with Crippen LogP contribution in [-0.4, -0.2) is 32.1 Å². The first-order valence-electron chi connectivity index (χ1n) is 8.90. The maximum Gasteiger partial charge on any atom is 0.417 e. The predicted octanol–water partition coefficient (Wildman–Crippen LogP) is 4.50. The van der Waals surface area contributed by atoms with Crippen molar-refractivity contribution in [2.45, 2.75) is 25.7 Å². The van der Waals surface area contributed by atoms with E-state index in [0.717, 1.165) is 11.6 Å². The number of rotatable bonds is 2. The van der Waals surface area contributed by atoms with Crippen molar-refractivity contribution in [3.05, 3.63) is 81.9 Å². The number of aromatic nitrogens is 3. The summed E-state index contributed by atoms with van der Waals surface area (Å²) in [6, 6.07) is 12.0. The molecule has 29 heavy (non-hydrogen) atoms. The van der Waals surface area contributed by atoms with Gasteiger partial charge < -0.3 is 9.47 Å². The second kappa shape index (κ2) is 7.18. The van der Waals surface area contributed by atoms with Crippen LogP contribution in [0.3, 0.4) is 0 Å². The van der Waals surface area contributed by atoms with Gasteiger partial charge in [-0.1, -0.05) is 48.0 Å². The van der Waals surface area contributed by atoms with E-state index in [4.69, 9.17) is 11.6 Å². The maximum atomic E-state index is 13.3. The molecule has 1 amide bonds. The van der Waals surface area contributed by atoms with Crippen LogP contribution in [-0.2, 0) is 12.7 Å². The lowest BCUT2D eigenvalue weighted by Gasteiger charge is -2.36. The number of carbonyl (C=O) groups excluding carboxylic acids is 1. The second-order valence-electron chi connectivity index (χ2n) is 6.73. The van der Waals surface area contributed by atoms with Crippen LogP contribution in [0.25, 0.3) is 0 Å². The Hall–Kier alpha value is -2.87. The van der Waals surface area contributed by atoms with Crippen LogP contribution in [0.4, 0.5) is 13.2 Å². The molecule has 0 N–H and O–H groups in total. The SMILES string of the molecule is Cc1nnc2n1CCN(C(=O)c1cccc(C(F)(F)F)c1Cl)[C@H]2c1ccccc1. The summed E-state index contributed by atoms with van der Waals surface area (Å²) in [6.45, 7) is 2.55. The van der Waals surface area contributed by atoms with Crippen molar-refractivity contribution in [3.63, 3.8) is 0 Å². The van der Waals surface area contributed by atoms with Crippen LogP contribution < -0.4 is 0 Å². The molecule has 0 radical (unpaired) electrons. The first-order valence-corrected chi connectivity index (χ1v) is 9.28. The van der Waals surface area contributed by atoms with Gasteiger partial charge in [0, 0.05) is 13.1 Å². The number of benzene rings is 2. The van der Waals surface area contributed by atoms with Crippen LogP contribution in [0, 0.1) is 6.92 Å². The molecule has 1 aliphatic rings. The van der Waals surface area contributed by atoms with Crippen LogP contribution in [0.15, 0.2) is 48.5 Å². The van der Waals surface area contributed by atoms with Gasteiger partial charge in [0.25, 0.3) is 5.91 Å². The van der Waals surface area contributed by atoms with Gasteiger partial charge in [0.2, 0.25) is 0 Å². The van der Waals surface area contributed by atoms with E-state index >= 15 is 0 Å². The third kappa shape index (κ3) is 3.37. The lowest BCUT2D eigenvalue weighted by molar-refractivity contribution is -0.137. The summed E-state index contributed by atoms with van der Waals surface area (Å²) in [6.07, 6.45) is -4.65. The molecule has 0 fully saturated rings. The number of fused-ring (bicyclic) bond motifs is 1. The summed E-state index contributed by atoms with van der Waals surface area (Å²) in [7, 11) is 0. The highest BCUT2D eigenvalue weighted by atomic mass is 35.5. The second-order valence-corrected chi connectivity index (χ2v) is 7.11. The number of hydrogen-bond acceptors (Lipinski definition) is 3. The highest BCUT2D eigenvalue weighted by Crippen LogP contribution is 2.38. The molecule has 4 rings (SSSR count). The minimum Gasteiger partial charge on any atom is -0.322 e. The lowest BCUT2D eigenvalue weighted by Crippen LogP contribution is -2.43. The summed E-state index contributed by atoms with van der Waals surface area (Å²) in [5, 5.41) is 7.73. The first-order chi connectivity index (χ1) is 13.8. The van der Waals surface area contributed by atoms with Gasteiger partial charge in [-0.25, -0.2) is 0 Å². The molecule has 1 aliphatic heterocycles. The summed E-state index contributed by atoms with van der Waals surface area (Å²) in [4.78, 5) is 14.8. The zero-order chi connectivity index (χ0) is 20.8. The molecule has 3 aromatic rings. The van der Waals surface area contributed by atoms with Crippen molar-refractivity contribution in [2.75, 3.05) is 6.54 Å². The molecule has 2 aromatic carbocycles. The van der Waals surface area contributed by atoms with Crippen molar-refractivity contribution in [1.29, 1.82) is 0 Å². The molecule has 0 saturated heterocycles. The number of carbonyl (C=O) groups is 1. The Labute approximate surface area is 169 Å². The molecule has 0 spiro atoms. The quantitative estimate of drug-likeness (QED) is 0.613. The molecular weight excluding hydrogens is 405 g/mol. The van der Waals surface area contributed by atoms with Crippen molar-refractivity contribution in [2.24, 2.45) is 0 Å². The Bertz CT molecular complexity index is 1070. The Morgan fingerprint density at radius 2 is 1.79 bits per heavy atom. The van der Waals surface area contributed by atoms with Gasteiger partial charge >= 0.3 is 6.18 Å². The normalized spacial score (nSPS) is 16.6. The van der Waals surface area contributed by atoms with E-state index in [1.54, 1.807) is 0 Å². The highest BCUT2D eigenvalue weighted by molar-refractivity contribution is 6.34. The minimum absolute atomic E-state index is 0.188. The van der Waals surface area contributed by atoms with Crippen LogP contribution in [0.5, 0.6) is 0 Å². The zero-order valence-corrected chi connectivity index (χ0v) is 16.1. The average molecular weight is 421 g/mol. The van der Waals surface area contributed by atoms with Crippen molar-refractivity contribution >= 4 is 17.5 Å².